The highest BCUT2D eigenvalue weighted by Crippen LogP contribution is 2.51. The van der Waals surface area contributed by atoms with Gasteiger partial charge in [-0.2, -0.15) is 4.57 Å². The van der Waals surface area contributed by atoms with E-state index in [4.69, 9.17) is 18.3 Å². The fourth-order valence-corrected chi connectivity index (χ4v) is 3.44. The highest BCUT2D eigenvalue weighted by atomic mass is 31.2. The van der Waals surface area contributed by atoms with Gasteiger partial charge < -0.3 is 18.3 Å². The molecule has 6 heteroatoms. The van der Waals surface area contributed by atoms with Gasteiger partial charge in [-0.3, -0.25) is 0 Å². The molecule has 3 aromatic rings. The predicted octanol–water partition coefficient (Wildman–Crippen LogP) is 6.46. The Bertz CT molecular complexity index is 941. The molecule has 0 atom stereocenters. The van der Waals surface area contributed by atoms with Gasteiger partial charge >= 0.3 is 7.82 Å². The molecule has 0 bridgehead atoms. The summed E-state index contributed by atoms with van der Waals surface area (Å²) >= 11 is 0. The number of hydrogen-bond donors (Lipinski definition) is 0. The zero-order valence-electron chi connectivity index (χ0n) is 15.1. The van der Waals surface area contributed by atoms with Crippen LogP contribution in [0.4, 0.5) is 0 Å². The largest absolute Gasteiger partial charge is 0.649 e. The van der Waals surface area contributed by atoms with Gasteiger partial charge in [0.25, 0.3) is 5.95 Å². The number of benzene rings is 3. The Hall–Kier alpha value is -3.43. The molecule has 0 heterocycles. The second-order valence-electron chi connectivity index (χ2n) is 5.56. The van der Waals surface area contributed by atoms with E-state index in [9.17, 15) is 4.57 Å². The molecule has 3 aromatic carbocycles. The van der Waals surface area contributed by atoms with E-state index in [2.05, 4.69) is 13.2 Å². The van der Waals surface area contributed by atoms with Gasteiger partial charge in [-0.1, -0.05) is 67.3 Å². The normalized spacial score (nSPS) is 10.6. The highest BCUT2D eigenvalue weighted by Gasteiger charge is 2.34. The van der Waals surface area contributed by atoms with Crippen LogP contribution in [0.15, 0.2) is 104 Å². The smallest absolute Gasteiger partial charge is 0.426 e. The molecule has 28 heavy (non-hydrogen) atoms. The van der Waals surface area contributed by atoms with Crippen LogP contribution in [-0.2, 0) is 9.09 Å². The first-order valence-electron chi connectivity index (χ1n) is 8.45. The zero-order chi connectivity index (χ0) is 19.8. The first-order chi connectivity index (χ1) is 13.6. The second kappa shape index (κ2) is 8.98. The van der Waals surface area contributed by atoms with Crippen molar-refractivity contribution in [3.63, 3.8) is 0 Å². The first kappa shape index (κ1) is 19.3. The lowest BCUT2D eigenvalue weighted by Crippen LogP contribution is -2.08. The van der Waals surface area contributed by atoms with E-state index in [0.717, 1.165) is 5.56 Å². The number of phosphoric acid groups is 1. The molecule has 0 spiro atoms. The van der Waals surface area contributed by atoms with Gasteiger partial charge in [0.15, 0.2) is 0 Å². The molecule has 0 aromatic heterocycles. The molecule has 0 saturated carbocycles. The molecule has 142 valence electrons. The minimum Gasteiger partial charge on any atom is -0.426 e. The molecule has 0 aliphatic heterocycles. The Morgan fingerprint density at radius 1 is 0.786 bits per heavy atom. The van der Waals surface area contributed by atoms with Crippen molar-refractivity contribution in [2.75, 3.05) is 0 Å². The van der Waals surface area contributed by atoms with Crippen LogP contribution in [0.25, 0.3) is 6.08 Å². The van der Waals surface area contributed by atoms with E-state index in [1.165, 1.54) is 0 Å². The first-order valence-corrected chi connectivity index (χ1v) is 9.91. The summed E-state index contributed by atoms with van der Waals surface area (Å²) < 4.78 is 35.3. The van der Waals surface area contributed by atoms with E-state index in [1.54, 1.807) is 66.7 Å². The van der Waals surface area contributed by atoms with Crippen molar-refractivity contribution in [3.8, 4) is 17.2 Å². The average Bonchev–Trinajstić information content (AvgIpc) is 2.69. The summed E-state index contributed by atoms with van der Waals surface area (Å²) in [5.74, 6) is 0.861. The fraction of sp³-hybridized carbons (Fsp3) is 0. The van der Waals surface area contributed by atoms with Gasteiger partial charge in [0, 0.05) is 5.56 Å². The quantitative estimate of drug-likeness (QED) is 0.308. The standard InChI is InChI=1S/C22H19O5P/c1-3-19-12-10-11-17-22(19)24-18(2)25-28(23,26-20-13-6-4-7-14-20)27-21-15-8-5-9-16-21/h3-17H,1-2H2. The SMILES string of the molecule is C=Cc1ccccc1OC(=C)OP(=O)(Oc1ccccc1)Oc1ccccc1. The topological polar surface area (TPSA) is 54.0 Å². The summed E-state index contributed by atoms with van der Waals surface area (Å²) in [4.78, 5) is 0. The molecule has 0 aliphatic carbocycles. The monoisotopic (exact) mass is 394 g/mol. The fourth-order valence-electron chi connectivity index (χ4n) is 2.28. The predicted molar refractivity (Wildman–Crippen MR) is 109 cm³/mol. The molecule has 0 unspecified atom stereocenters. The number of para-hydroxylation sites is 3. The van der Waals surface area contributed by atoms with Crippen LogP contribution in [0.3, 0.4) is 0 Å². The van der Waals surface area contributed by atoms with Gasteiger partial charge in [-0.25, -0.2) is 0 Å². The third-order valence-electron chi connectivity index (χ3n) is 3.50. The van der Waals surface area contributed by atoms with E-state index < -0.39 is 7.82 Å². The van der Waals surface area contributed by atoms with Crippen molar-refractivity contribution < 1.29 is 22.9 Å². The second-order valence-corrected chi connectivity index (χ2v) is 7.01. The van der Waals surface area contributed by atoms with E-state index >= 15 is 0 Å². The number of hydrogen-bond acceptors (Lipinski definition) is 5. The maximum Gasteiger partial charge on any atom is 0.649 e. The maximum atomic E-state index is 13.3. The van der Waals surface area contributed by atoms with E-state index in [0.29, 0.717) is 17.2 Å². The van der Waals surface area contributed by atoms with Crippen molar-refractivity contribution in [2.24, 2.45) is 0 Å². The van der Waals surface area contributed by atoms with Crippen molar-refractivity contribution in [2.45, 2.75) is 0 Å². The van der Waals surface area contributed by atoms with E-state index in [-0.39, 0.29) is 5.95 Å². The van der Waals surface area contributed by atoms with Gasteiger partial charge in [0.2, 0.25) is 0 Å². The Balaban J connectivity index is 1.80. The summed E-state index contributed by atoms with van der Waals surface area (Å²) in [7, 11) is -4.13. The Labute approximate surface area is 164 Å². The summed E-state index contributed by atoms with van der Waals surface area (Å²) in [6.07, 6.45) is 1.63. The summed E-state index contributed by atoms with van der Waals surface area (Å²) in [6.45, 7) is 7.41. The summed E-state index contributed by atoms with van der Waals surface area (Å²) in [5, 5.41) is 0. The van der Waals surface area contributed by atoms with Gasteiger partial charge in [0.05, 0.1) is 0 Å². The van der Waals surface area contributed by atoms with Gasteiger partial charge in [0.1, 0.15) is 17.2 Å². The van der Waals surface area contributed by atoms with Crippen LogP contribution in [0.1, 0.15) is 5.56 Å². The summed E-state index contributed by atoms with van der Waals surface area (Å²) in [6, 6.07) is 24.3. The minimum absolute atomic E-state index is 0.232. The third kappa shape index (κ3) is 5.29. The van der Waals surface area contributed by atoms with Crippen LogP contribution < -0.4 is 13.8 Å². The Kier molecular flexibility index (Phi) is 6.20. The third-order valence-corrected chi connectivity index (χ3v) is 4.79. The molecule has 0 fully saturated rings. The number of rotatable bonds is 9. The minimum atomic E-state index is -4.13. The van der Waals surface area contributed by atoms with Crippen LogP contribution in [-0.4, -0.2) is 0 Å². The zero-order valence-corrected chi connectivity index (χ0v) is 16.0. The summed E-state index contributed by atoms with van der Waals surface area (Å²) in [5.41, 5.74) is 0.732. The van der Waals surface area contributed by atoms with Crippen LogP contribution in [0.5, 0.6) is 17.2 Å². The Morgan fingerprint density at radius 2 is 1.29 bits per heavy atom. The number of ether oxygens (including phenoxy) is 1. The lowest BCUT2D eigenvalue weighted by molar-refractivity contribution is 0.175. The van der Waals surface area contributed by atoms with Gasteiger partial charge in [-0.05, 0) is 36.9 Å². The molecule has 0 aliphatic rings. The molecule has 5 nitrogen and oxygen atoms in total. The van der Waals surface area contributed by atoms with Crippen molar-refractivity contribution in [1.82, 2.24) is 0 Å². The number of phosphoric ester groups is 1. The van der Waals surface area contributed by atoms with Crippen molar-refractivity contribution >= 4 is 13.9 Å². The molecular formula is C22H19O5P. The molecular weight excluding hydrogens is 375 g/mol. The molecule has 0 N–H and O–H groups in total. The molecule has 0 saturated heterocycles. The lowest BCUT2D eigenvalue weighted by Gasteiger charge is -2.20. The average molecular weight is 394 g/mol. The Morgan fingerprint density at radius 3 is 1.82 bits per heavy atom. The van der Waals surface area contributed by atoms with Crippen LogP contribution >= 0.6 is 7.82 Å². The molecule has 0 amide bonds. The lowest BCUT2D eigenvalue weighted by atomic mass is 10.2. The van der Waals surface area contributed by atoms with Crippen LogP contribution in [0, 0.1) is 0 Å². The van der Waals surface area contributed by atoms with Gasteiger partial charge in [-0.15, -0.1) is 0 Å². The molecule has 3 rings (SSSR count). The van der Waals surface area contributed by atoms with Crippen LogP contribution in [0.2, 0.25) is 0 Å². The highest BCUT2D eigenvalue weighted by molar-refractivity contribution is 7.49. The molecule has 0 radical (unpaired) electrons. The maximum absolute atomic E-state index is 13.3. The van der Waals surface area contributed by atoms with Crippen molar-refractivity contribution in [1.29, 1.82) is 0 Å². The van der Waals surface area contributed by atoms with E-state index in [1.807, 2.05) is 24.3 Å². The van der Waals surface area contributed by atoms with Crippen molar-refractivity contribution in [3.05, 3.63) is 110 Å².